The highest BCUT2D eigenvalue weighted by atomic mass is 32.2. The van der Waals surface area contributed by atoms with Crippen molar-refractivity contribution in [2.24, 2.45) is 0 Å². The van der Waals surface area contributed by atoms with Gasteiger partial charge in [0.15, 0.2) is 0 Å². The molecule has 2 atom stereocenters. The summed E-state index contributed by atoms with van der Waals surface area (Å²) >= 11 is 1.66. The molecule has 0 radical (unpaired) electrons. The molecule has 3 heterocycles. The number of carbonyl (C=O) groups is 4. The molecular weight excluding hydrogens is 366 g/mol. The van der Waals surface area contributed by atoms with E-state index in [1.165, 1.54) is 4.90 Å². The number of carbonyl (C=O) groups excluding carboxylic acids is 4. The molecule has 3 fully saturated rings. The van der Waals surface area contributed by atoms with Gasteiger partial charge in [0.25, 0.3) is 0 Å². The molecule has 3 aliphatic rings. The minimum Gasteiger partial charge on any atom is -0.324 e. The molecule has 3 aliphatic heterocycles. The van der Waals surface area contributed by atoms with Crippen LogP contribution in [0.5, 0.6) is 0 Å². The van der Waals surface area contributed by atoms with E-state index in [1.54, 1.807) is 40.9 Å². The van der Waals surface area contributed by atoms with Crippen LogP contribution in [0.1, 0.15) is 38.2 Å². The van der Waals surface area contributed by atoms with Gasteiger partial charge < -0.3 is 10.2 Å². The second kappa shape index (κ2) is 6.67. The normalized spacial score (nSPS) is 27.4. The number of benzene rings is 1. The minimum absolute atomic E-state index is 0.0398. The third-order valence-corrected chi connectivity index (χ3v) is 6.97. The molecule has 0 unspecified atom stereocenters. The van der Waals surface area contributed by atoms with Crippen molar-refractivity contribution in [1.82, 2.24) is 9.80 Å². The quantitative estimate of drug-likeness (QED) is 0.795. The van der Waals surface area contributed by atoms with Crippen LogP contribution >= 0.6 is 11.8 Å². The van der Waals surface area contributed by atoms with Crippen molar-refractivity contribution in [1.29, 1.82) is 0 Å². The van der Waals surface area contributed by atoms with Crippen molar-refractivity contribution in [2.45, 2.75) is 50.1 Å². The molecule has 0 spiro atoms. The number of imide groups is 1. The number of rotatable bonds is 4. The number of hydrogen-bond donors (Lipinski definition) is 1. The minimum atomic E-state index is -0.450. The lowest BCUT2D eigenvalue weighted by atomic mass is 10.1. The summed E-state index contributed by atoms with van der Waals surface area (Å²) in [5, 5.41) is 2.88. The maximum Gasteiger partial charge on any atom is 0.248 e. The van der Waals surface area contributed by atoms with Gasteiger partial charge in [-0.15, -0.1) is 11.8 Å². The van der Waals surface area contributed by atoms with E-state index in [2.05, 4.69) is 5.32 Å². The first-order valence-electron chi connectivity index (χ1n) is 9.06. The Morgan fingerprint density at radius 1 is 1.11 bits per heavy atom. The molecule has 1 N–H and O–H groups in total. The van der Waals surface area contributed by atoms with Crippen LogP contribution in [0.25, 0.3) is 0 Å². The van der Waals surface area contributed by atoms with Crippen molar-refractivity contribution < 1.29 is 19.2 Å². The van der Waals surface area contributed by atoms with Crippen LogP contribution in [0.15, 0.2) is 24.3 Å². The maximum absolute atomic E-state index is 12.7. The zero-order chi connectivity index (χ0) is 19.2. The fraction of sp³-hybridized carbons (Fsp3) is 0.474. The summed E-state index contributed by atoms with van der Waals surface area (Å²) in [7, 11) is 0. The first kappa shape index (κ1) is 18.0. The Bertz CT molecular complexity index is 809. The lowest BCUT2D eigenvalue weighted by molar-refractivity contribution is -0.139. The van der Waals surface area contributed by atoms with E-state index in [0.29, 0.717) is 17.9 Å². The largest absolute Gasteiger partial charge is 0.324 e. The Labute approximate surface area is 161 Å². The van der Waals surface area contributed by atoms with Gasteiger partial charge >= 0.3 is 0 Å². The average molecular weight is 387 g/mol. The number of nitrogens with one attached hydrogen (secondary N) is 1. The number of fused-ring (bicyclic) bond motifs is 1. The standard InChI is InChI=1S/C19H21N3O4S/c1-19-9-8-17(25)22(19)14(11-27-19)18(26)20-13-4-2-12(3-5-13)10-21-15(23)6-7-16(21)24/h2-5,14H,6-11H2,1H3,(H,20,26)/t14-,19-/m0/s1. The van der Waals surface area contributed by atoms with Crippen LogP contribution in [0, 0.1) is 0 Å². The highest BCUT2D eigenvalue weighted by molar-refractivity contribution is 8.01. The second-order valence-corrected chi connectivity index (χ2v) is 8.83. The molecule has 0 saturated carbocycles. The molecule has 4 rings (SSSR count). The zero-order valence-electron chi connectivity index (χ0n) is 15.1. The molecule has 27 heavy (non-hydrogen) atoms. The number of nitrogens with zero attached hydrogens (tertiary/aromatic N) is 2. The SMILES string of the molecule is C[C@]12CCC(=O)N1[C@H](C(=O)Nc1ccc(CN3C(=O)CCC3=O)cc1)CS2. The van der Waals surface area contributed by atoms with Crippen LogP contribution < -0.4 is 5.32 Å². The summed E-state index contributed by atoms with van der Waals surface area (Å²) in [4.78, 5) is 51.0. The van der Waals surface area contributed by atoms with Crippen molar-refractivity contribution in [3.63, 3.8) is 0 Å². The van der Waals surface area contributed by atoms with Gasteiger partial charge in [-0.25, -0.2) is 0 Å². The van der Waals surface area contributed by atoms with E-state index in [0.717, 1.165) is 12.0 Å². The van der Waals surface area contributed by atoms with Gasteiger partial charge in [-0.05, 0) is 31.0 Å². The van der Waals surface area contributed by atoms with E-state index in [1.807, 2.05) is 6.92 Å². The van der Waals surface area contributed by atoms with Crippen molar-refractivity contribution in [3.8, 4) is 0 Å². The number of anilines is 1. The van der Waals surface area contributed by atoms with Gasteiger partial charge in [0.05, 0.1) is 11.4 Å². The number of hydrogen-bond acceptors (Lipinski definition) is 5. The molecule has 0 bridgehead atoms. The molecular formula is C19H21N3O4S. The monoisotopic (exact) mass is 387 g/mol. The molecule has 1 aromatic carbocycles. The number of thioether (sulfide) groups is 1. The van der Waals surface area contributed by atoms with Gasteiger partial charge in [-0.1, -0.05) is 12.1 Å². The van der Waals surface area contributed by atoms with Crippen LogP contribution in [0.4, 0.5) is 5.69 Å². The summed E-state index contributed by atoms with van der Waals surface area (Å²) in [5.41, 5.74) is 1.46. The van der Waals surface area contributed by atoms with E-state index in [9.17, 15) is 19.2 Å². The van der Waals surface area contributed by atoms with E-state index >= 15 is 0 Å². The van der Waals surface area contributed by atoms with Crippen LogP contribution in [0.2, 0.25) is 0 Å². The molecule has 0 aliphatic carbocycles. The average Bonchev–Trinajstić information content (AvgIpc) is 3.25. The van der Waals surface area contributed by atoms with Crippen LogP contribution in [0.3, 0.4) is 0 Å². The van der Waals surface area contributed by atoms with Crippen molar-refractivity contribution in [2.75, 3.05) is 11.1 Å². The molecule has 7 nitrogen and oxygen atoms in total. The Morgan fingerprint density at radius 3 is 2.44 bits per heavy atom. The molecule has 1 aromatic rings. The van der Waals surface area contributed by atoms with Crippen LogP contribution in [-0.4, -0.2) is 50.1 Å². The molecule has 0 aromatic heterocycles. The molecule has 8 heteroatoms. The fourth-order valence-corrected chi connectivity index (χ4v) is 5.35. The summed E-state index contributed by atoms with van der Waals surface area (Å²) in [6.07, 6.45) is 1.83. The summed E-state index contributed by atoms with van der Waals surface area (Å²) in [6.45, 7) is 2.28. The Morgan fingerprint density at radius 2 is 1.78 bits per heavy atom. The third kappa shape index (κ3) is 3.22. The van der Waals surface area contributed by atoms with E-state index in [4.69, 9.17) is 0 Å². The Hall–Kier alpha value is -2.35. The Balaban J connectivity index is 1.40. The summed E-state index contributed by atoms with van der Waals surface area (Å²) in [6, 6.07) is 6.65. The molecule has 4 amide bonds. The molecule has 3 saturated heterocycles. The zero-order valence-corrected chi connectivity index (χ0v) is 15.9. The third-order valence-electron chi connectivity index (χ3n) is 5.46. The second-order valence-electron chi connectivity index (χ2n) is 7.33. The van der Waals surface area contributed by atoms with Gasteiger partial charge in [0.1, 0.15) is 6.04 Å². The first-order chi connectivity index (χ1) is 12.9. The van der Waals surface area contributed by atoms with Crippen molar-refractivity contribution >= 4 is 41.1 Å². The van der Waals surface area contributed by atoms with Crippen LogP contribution in [-0.2, 0) is 25.7 Å². The maximum atomic E-state index is 12.7. The predicted molar refractivity (Wildman–Crippen MR) is 101 cm³/mol. The first-order valence-corrected chi connectivity index (χ1v) is 10.0. The fourth-order valence-electron chi connectivity index (χ4n) is 3.92. The van der Waals surface area contributed by atoms with Gasteiger partial charge in [0.2, 0.25) is 23.6 Å². The number of amides is 4. The van der Waals surface area contributed by atoms with Gasteiger partial charge in [0, 0.05) is 30.7 Å². The van der Waals surface area contributed by atoms with Crippen molar-refractivity contribution in [3.05, 3.63) is 29.8 Å². The highest BCUT2D eigenvalue weighted by Crippen LogP contribution is 2.47. The highest BCUT2D eigenvalue weighted by Gasteiger charge is 2.52. The van der Waals surface area contributed by atoms with Gasteiger partial charge in [-0.2, -0.15) is 0 Å². The predicted octanol–water partition coefficient (Wildman–Crippen LogP) is 1.73. The lowest BCUT2D eigenvalue weighted by Crippen LogP contribution is -2.48. The molecule has 142 valence electrons. The van der Waals surface area contributed by atoms with E-state index in [-0.39, 0.29) is 47.9 Å². The smallest absolute Gasteiger partial charge is 0.248 e. The summed E-state index contributed by atoms with van der Waals surface area (Å²) in [5.74, 6) is 0.173. The van der Waals surface area contributed by atoms with E-state index < -0.39 is 6.04 Å². The lowest BCUT2D eigenvalue weighted by Gasteiger charge is -2.29. The number of likely N-dealkylation sites (tertiary alicyclic amines) is 1. The Kier molecular flexibility index (Phi) is 4.46. The topological polar surface area (TPSA) is 86.8 Å². The van der Waals surface area contributed by atoms with Gasteiger partial charge in [-0.3, -0.25) is 24.1 Å². The summed E-state index contributed by atoms with van der Waals surface area (Å²) < 4.78 is 0.